The van der Waals surface area contributed by atoms with E-state index in [9.17, 15) is 0 Å². The molecule has 0 spiro atoms. The second-order valence-electron chi connectivity index (χ2n) is 4.86. The van der Waals surface area contributed by atoms with Crippen molar-refractivity contribution in [3.8, 4) is 5.75 Å². The molecular formula is C16H16ClNO. The fourth-order valence-electron chi connectivity index (χ4n) is 2.62. The predicted molar refractivity (Wildman–Crippen MR) is 79.3 cm³/mol. The van der Waals surface area contributed by atoms with Gasteiger partial charge in [0.05, 0.1) is 17.8 Å². The van der Waals surface area contributed by atoms with Gasteiger partial charge in [0.15, 0.2) is 0 Å². The molecule has 3 rings (SSSR count). The highest BCUT2D eigenvalue weighted by atomic mass is 35.5. The molecule has 0 saturated carbocycles. The first kappa shape index (κ1) is 12.4. The summed E-state index contributed by atoms with van der Waals surface area (Å²) in [6, 6.07) is 14.7. The third kappa shape index (κ3) is 2.54. The van der Waals surface area contributed by atoms with Gasteiger partial charge in [0.2, 0.25) is 0 Å². The van der Waals surface area contributed by atoms with Gasteiger partial charge in [-0.3, -0.25) is 0 Å². The molecule has 0 unspecified atom stereocenters. The van der Waals surface area contributed by atoms with Crippen molar-refractivity contribution in [1.29, 1.82) is 0 Å². The van der Waals surface area contributed by atoms with Crippen molar-refractivity contribution in [2.45, 2.75) is 18.9 Å². The van der Waals surface area contributed by atoms with E-state index in [2.05, 4.69) is 29.6 Å². The molecule has 1 N–H and O–H groups in total. The zero-order chi connectivity index (χ0) is 13.2. The SMILES string of the molecule is COc1ccc(Cl)c(NC2Cc3ccccc3C2)c1. The molecule has 1 aliphatic rings. The molecule has 2 aromatic carbocycles. The molecule has 2 aromatic rings. The Morgan fingerprint density at radius 3 is 2.42 bits per heavy atom. The quantitative estimate of drug-likeness (QED) is 0.915. The number of rotatable bonds is 3. The van der Waals surface area contributed by atoms with Crippen LogP contribution in [0.2, 0.25) is 5.02 Å². The van der Waals surface area contributed by atoms with Gasteiger partial charge in [-0.2, -0.15) is 0 Å². The normalized spacial score (nSPS) is 14.2. The van der Waals surface area contributed by atoms with E-state index in [4.69, 9.17) is 16.3 Å². The van der Waals surface area contributed by atoms with Gasteiger partial charge in [-0.1, -0.05) is 35.9 Å². The summed E-state index contributed by atoms with van der Waals surface area (Å²) in [5, 5.41) is 4.25. The summed E-state index contributed by atoms with van der Waals surface area (Å²) in [5.41, 5.74) is 3.80. The van der Waals surface area contributed by atoms with Crippen LogP contribution in [0.1, 0.15) is 11.1 Å². The van der Waals surface area contributed by atoms with E-state index in [1.165, 1.54) is 11.1 Å². The van der Waals surface area contributed by atoms with Crippen LogP contribution in [0.3, 0.4) is 0 Å². The fourth-order valence-corrected chi connectivity index (χ4v) is 2.79. The van der Waals surface area contributed by atoms with E-state index in [0.29, 0.717) is 6.04 Å². The summed E-state index contributed by atoms with van der Waals surface area (Å²) in [7, 11) is 1.67. The number of methoxy groups -OCH3 is 1. The highest BCUT2D eigenvalue weighted by Crippen LogP contribution is 2.30. The first-order valence-electron chi connectivity index (χ1n) is 6.43. The lowest BCUT2D eigenvalue weighted by Gasteiger charge is -2.15. The van der Waals surface area contributed by atoms with Crippen molar-refractivity contribution in [2.24, 2.45) is 0 Å². The first-order chi connectivity index (χ1) is 9.26. The van der Waals surface area contributed by atoms with Gasteiger partial charge in [0.25, 0.3) is 0 Å². The molecule has 0 amide bonds. The Morgan fingerprint density at radius 1 is 1.11 bits per heavy atom. The lowest BCUT2D eigenvalue weighted by atomic mass is 10.1. The van der Waals surface area contributed by atoms with Crippen LogP contribution in [-0.2, 0) is 12.8 Å². The number of hydrogen-bond donors (Lipinski definition) is 1. The topological polar surface area (TPSA) is 21.3 Å². The van der Waals surface area contributed by atoms with Crippen LogP contribution in [-0.4, -0.2) is 13.2 Å². The van der Waals surface area contributed by atoms with E-state index < -0.39 is 0 Å². The monoisotopic (exact) mass is 273 g/mol. The van der Waals surface area contributed by atoms with Crippen molar-refractivity contribution in [3.63, 3.8) is 0 Å². The van der Waals surface area contributed by atoms with Gasteiger partial charge in [0.1, 0.15) is 5.75 Å². The summed E-state index contributed by atoms with van der Waals surface area (Å²) in [6.07, 6.45) is 2.09. The largest absolute Gasteiger partial charge is 0.497 e. The van der Waals surface area contributed by atoms with Crippen LogP contribution in [0.15, 0.2) is 42.5 Å². The molecule has 0 atom stereocenters. The van der Waals surface area contributed by atoms with Crippen LogP contribution in [0.5, 0.6) is 5.75 Å². The first-order valence-corrected chi connectivity index (χ1v) is 6.81. The second-order valence-corrected chi connectivity index (χ2v) is 5.27. The van der Waals surface area contributed by atoms with Gasteiger partial charge in [0, 0.05) is 12.1 Å². The zero-order valence-corrected chi connectivity index (χ0v) is 11.6. The van der Waals surface area contributed by atoms with Gasteiger partial charge in [-0.05, 0) is 36.1 Å². The highest BCUT2D eigenvalue weighted by Gasteiger charge is 2.21. The van der Waals surface area contributed by atoms with Gasteiger partial charge in [-0.15, -0.1) is 0 Å². The Balaban J connectivity index is 1.77. The van der Waals surface area contributed by atoms with Crippen LogP contribution in [0, 0.1) is 0 Å². The Labute approximate surface area is 118 Å². The molecule has 0 heterocycles. The molecule has 0 aromatic heterocycles. The van der Waals surface area contributed by atoms with Gasteiger partial charge >= 0.3 is 0 Å². The zero-order valence-electron chi connectivity index (χ0n) is 10.8. The number of nitrogens with one attached hydrogen (secondary N) is 1. The molecule has 0 bridgehead atoms. The molecule has 0 radical (unpaired) electrons. The molecule has 19 heavy (non-hydrogen) atoms. The summed E-state index contributed by atoms with van der Waals surface area (Å²) in [5.74, 6) is 0.822. The summed E-state index contributed by atoms with van der Waals surface area (Å²) < 4.78 is 5.24. The van der Waals surface area contributed by atoms with Crippen LogP contribution < -0.4 is 10.1 Å². The molecule has 2 nitrogen and oxygen atoms in total. The molecule has 0 saturated heterocycles. The minimum absolute atomic E-state index is 0.405. The Morgan fingerprint density at radius 2 is 1.79 bits per heavy atom. The van der Waals surface area contributed by atoms with Crippen molar-refractivity contribution < 1.29 is 4.74 Å². The fraction of sp³-hybridized carbons (Fsp3) is 0.250. The molecular weight excluding hydrogens is 258 g/mol. The molecule has 0 fully saturated rings. The number of benzene rings is 2. The molecule has 98 valence electrons. The molecule has 0 aliphatic heterocycles. The van der Waals surface area contributed by atoms with Crippen molar-refractivity contribution in [3.05, 3.63) is 58.6 Å². The average Bonchev–Trinajstić information content (AvgIpc) is 2.83. The van der Waals surface area contributed by atoms with Gasteiger partial charge < -0.3 is 10.1 Å². The van der Waals surface area contributed by atoms with E-state index in [1.807, 2.05) is 18.2 Å². The summed E-state index contributed by atoms with van der Waals surface area (Å²) in [6.45, 7) is 0. The number of ether oxygens (including phenoxy) is 1. The van der Waals surface area contributed by atoms with Gasteiger partial charge in [-0.25, -0.2) is 0 Å². The second kappa shape index (κ2) is 5.14. The van der Waals surface area contributed by atoms with E-state index in [0.717, 1.165) is 29.3 Å². The standard InChI is InChI=1S/C16H16ClNO/c1-19-14-6-7-15(17)16(10-14)18-13-8-11-4-2-3-5-12(11)9-13/h2-7,10,13,18H,8-9H2,1H3. The third-order valence-corrected chi connectivity index (χ3v) is 3.91. The Hall–Kier alpha value is -1.67. The van der Waals surface area contributed by atoms with Crippen molar-refractivity contribution in [1.82, 2.24) is 0 Å². The van der Waals surface area contributed by atoms with Crippen LogP contribution >= 0.6 is 11.6 Å². The maximum absolute atomic E-state index is 6.22. The Bertz CT molecular complexity index is 572. The summed E-state index contributed by atoms with van der Waals surface area (Å²) >= 11 is 6.22. The van der Waals surface area contributed by atoms with Crippen molar-refractivity contribution >= 4 is 17.3 Å². The van der Waals surface area contributed by atoms with Crippen LogP contribution in [0.4, 0.5) is 5.69 Å². The highest BCUT2D eigenvalue weighted by molar-refractivity contribution is 6.33. The van der Waals surface area contributed by atoms with Crippen molar-refractivity contribution in [2.75, 3.05) is 12.4 Å². The van der Waals surface area contributed by atoms with E-state index in [-0.39, 0.29) is 0 Å². The maximum Gasteiger partial charge on any atom is 0.121 e. The number of halogens is 1. The maximum atomic E-state index is 6.22. The molecule has 3 heteroatoms. The summed E-state index contributed by atoms with van der Waals surface area (Å²) in [4.78, 5) is 0. The minimum atomic E-state index is 0.405. The lowest BCUT2D eigenvalue weighted by molar-refractivity contribution is 0.415. The van der Waals surface area contributed by atoms with Crippen LogP contribution in [0.25, 0.3) is 0 Å². The lowest BCUT2D eigenvalue weighted by Crippen LogP contribution is -2.19. The molecule has 1 aliphatic carbocycles. The predicted octanol–water partition coefficient (Wildman–Crippen LogP) is 3.93. The Kier molecular flexibility index (Phi) is 3.34. The smallest absolute Gasteiger partial charge is 0.121 e. The van der Waals surface area contributed by atoms with E-state index in [1.54, 1.807) is 7.11 Å². The number of anilines is 1. The number of fused-ring (bicyclic) bond motifs is 1. The average molecular weight is 274 g/mol. The third-order valence-electron chi connectivity index (χ3n) is 3.58. The van der Waals surface area contributed by atoms with E-state index >= 15 is 0 Å². The number of hydrogen-bond acceptors (Lipinski definition) is 2. The minimum Gasteiger partial charge on any atom is -0.497 e.